The van der Waals surface area contributed by atoms with E-state index in [1.165, 1.54) is 6.07 Å². The molecule has 0 saturated carbocycles. The number of furan rings is 1. The molecule has 1 aromatic carbocycles. The van der Waals surface area contributed by atoms with E-state index in [0.29, 0.717) is 16.8 Å². The van der Waals surface area contributed by atoms with Crippen LogP contribution in [0.15, 0.2) is 40.9 Å². The van der Waals surface area contributed by atoms with E-state index in [1.807, 2.05) is 12.1 Å². The molecular formula is C24H24N2O7. The summed E-state index contributed by atoms with van der Waals surface area (Å²) in [6.45, 7) is 5.65. The molecule has 4 aromatic rings. The Bertz CT molecular complexity index is 1320. The average molecular weight is 452 g/mol. The fourth-order valence-corrected chi connectivity index (χ4v) is 3.58. The number of aromatic amines is 1. The van der Waals surface area contributed by atoms with Crippen molar-refractivity contribution in [3.05, 3.63) is 53.5 Å². The fraction of sp³-hybridized carbons (Fsp3) is 0.292. The van der Waals surface area contributed by atoms with Crippen LogP contribution in [0, 0.1) is 0 Å². The zero-order chi connectivity index (χ0) is 23.5. The van der Waals surface area contributed by atoms with E-state index in [-0.39, 0.29) is 36.7 Å². The number of ether oxygens (including phenoxy) is 4. The molecule has 0 amide bonds. The quantitative estimate of drug-likeness (QED) is 0.372. The lowest BCUT2D eigenvalue weighted by Gasteiger charge is -2.12. The highest BCUT2D eigenvalue weighted by Gasteiger charge is 2.23. The maximum absolute atomic E-state index is 12.7. The van der Waals surface area contributed by atoms with Crippen molar-refractivity contribution in [1.29, 1.82) is 0 Å². The van der Waals surface area contributed by atoms with Crippen LogP contribution in [-0.4, -0.2) is 41.7 Å². The summed E-state index contributed by atoms with van der Waals surface area (Å²) in [5.41, 5.74) is 2.24. The number of H-pyrrole nitrogens is 1. The number of nitrogens with one attached hydrogen (secondary N) is 1. The first kappa shape index (κ1) is 22.3. The summed E-state index contributed by atoms with van der Waals surface area (Å²) < 4.78 is 27.2. The highest BCUT2D eigenvalue weighted by atomic mass is 16.6. The number of fused-ring (bicyclic) bond motifs is 3. The lowest BCUT2D eigenvalue weighted by atomic mass is 10.0. The van der Waals surface area contributed by atoms with Gasteiger partial charge in [-0.05, 0) is 39.0 Å². The van der Waals surface area contributed by atoms with E-state index in [0.717, 1.165) is 16.3 Å². The van der Waals surface area contributed by atoms with Crippen molar-refractivity contribution in [3.8, 4) is 11.7 Å². The maximum Gasteiger partial charge on any atom is 0.374 e. The van der Waals surface area contributed by atoms with Gasteiger partial charge in [0.15, 0.2) is 5.69 Å². The Morgan fingerprint density at radius 3 is 2.64 bits per heavy atom. The van der Waals surface area contributed by atoms with E-state index in [4.69, 9.17) is 23.4 Å². The van der Waals surface area contributed by atoms with E-state index < -0.39 is 11.9 Å². The van der Waals surface area contributed by atoms with Crippen LogP contribution in [0.2, 0.25) is 0 Å². The zero-order valence-corrected chi connectivity index (χ0v) is 18.8. The lowest BCUT2D eigenvalue weighted by molar-refractivity contribution is 0.0365. The Balaban J connectivity index is 1.84. The van der Waals surface area contributed by atoms with Gasteiger partial charge in [0.1, 0.15) is 5.75 Å². The number of carbonyl (C=O) groups excluding carboxylic acids is 2. The molecule has 172 valence electrons. The second-order valence-corrected chi connectivity index (χ2v) is 7.51. The van der Waals surface area contributed by atoms with Crippen LogP contribution in [0.25, 0.3) is 21.8 Å². The largest absolute Gasteiger partial charge is 0.460 e. The van der Waals surface area contributed by atoms with Crippen molar-refractivity contribution in [2.75, 3.05) is 13.7 Å². The minimum absolute atomic E-state index is 0.0425. The molecule has 0 aliphatic carbocycles. The van der Waals surface area contributed by atoms with Gasteiger partial charge in [-0.25, -0.2) is 14.6 Å². The number of hydrogen-bond donors (Lipinski definition) is 1. The number of benzene rings is 1. The van der Waals surface area contributed by atoms with E-state index in [2.05, 4.69) is 9.97 Å². The van der Waals surface area contributed by atoms with Gasteiger partial charge in [0, 0.05) is 24.1 Å². The number of pyridine rings is 1. The normalized spacial score (nSPS) is 11.3. The van der Waals surface area contributed by atoms with Gasteiger partial charge in [-0.3, -0.25) is 0 Å². The minimum atomic E-state index is -0.570. The summed E-state index contributed by atoms with van der Waals surface area (Å²) in [6.07, 6.45) is 1.29. The first-order chi connectivity index (χ1) is 15.9. The molecule has 4 rings (SSSR count). The van der Waals surface area contributed by atoms with Gasteiger partial charge >= 0.3 is 11.9 Å². The third kappa shape index (κ3) is 4.40. The molecule has 1 N–H and O–H groups in total. The van der Waals surface area contributed by atoms with Crippen LogP contribution in [0.5, 0.6) is 11.7 Å². The monoisotopic (exact) mass is 452 g/mol. The van der Waals surface area contributed by atoms with Gasteiger partial charge in [0.05, 0.1) is 41.9 Å². The van der Waals surface area contributed by atoms with Crippen molar-refractivity contribution >= 4 is 33.7 Å². The Morgan fingerprint density at radius 2 is 1.91 bits per heavy atom. The van der Waals surface area contributed by atoms with Gasteiger partial charge in [0.2, 0.25) is 5.76 Å². The summed E-state index contributed by atoms with van der Waals surface area (Å²) in [5, 5.41) is 1.44. The van der Waals surface area contributed by atoms with Gasteiger partial charge in [0.25, 0.3) is 5.95 Å². The van der Waals surface area contributed by atoms with E-state index in [1.54, 1.807) is 46.2 Å². The van der Waals surface area contributed by atoms with Crippen LogP contribution in [0.4, 0.5) is 0 Å². The Kier molecular flexibility index (Phi) is 6.32. The lowest BCUT2D eigenvalue weighted by Crippen LogP contribution is -2.15. The van der Waals surface area contributed by atoms with Crippen molar-refractivity contribution in [2.45, 2.75) is 33.5 Å². The predicted octanol–water partition coefficient (Wildman–Crippen LogP) is 4.99. The fourth-order valence-electron chi connectivity index (χ4n) is 3.58. The molecule has 9 heteroatoms. The standard InChI is InChI=1S/C24H24N2O7/c1-5-30-23(27)18-9-10-19(33-18)32-17-8-6-7-15-21(17)20-14(12-29-4)22(24(28)31-13(2)3)25-11-16(20)26-15/h6-11,13,26H,5,12H2,1-4H3. The Hall–Kier alpha value is -3.85. The number of esters is 2. The van der Waals surface area contributed by atoms with Gasteiger partial charge in [-0.15, -0.1) is 0 Å². The van der Waals surface area contributed by atoms with Crippen LogP contribution >= 0.6 is 0 Å². The predicted molar refractivity (Wildman–Crippen MR) is 120 cm³/mol. The molecule has 3 heterocycles. The first-order valence-corrected chi connectivity index (χ1v) is 10.5. The van der Waals surface area contributed by atoms with Crippen LogP contribution in [-0.2, 0) is 20.8 Å². The third-order valence-corrected chi connectivity index (χ3v) is 4.82. The number of aromatic nitrogens is 2. The topological polar surface area (TPSA) is 113 Å². The molecule has 0 fully saturated rings. The minimum Gasteiger partial charge on any atom is -0.460 e. The molecule has 0 aliphatic rings. The van der Waals surface area contributed by atoms with Gasteiger partial charge < -0.3 is 28.3 Å². The van der Waals surface area contributed by atoms with E-state index in [9.17, 15) is 9.59 Å². The zero-order valence-electron chi connectivity index (χ0n) is 18.8. The highest BCUT2D eigenvalue weighted by molar-refractivity contribution is 6.13. The van der Waals surface area contributed by atoms with Crippen molar-refractivity contribution < 1.29 is 33.0 Å². The first-order valence-electron chi connectivity index (χ1n) is 10.5. The molecule has 0 radical (unpaired) electrons. The molecule has 9 nitrogen and oxygen atoms in total. The maximum atomic E-state index is 12.7. The van der Waals surface area contributed by atoms with Crippen molar-refractivity contribution in [2.24, 2.45) is 0 Å². The second-order valence-electron chi connectivity index (χ2n) is 7.51. The van der Waals surface area contributed by atoms with Crippen LogP contribution in [0.1, 0.15) is 47.4 Å². The summed E-state index contributed by atoms with van der Waals surface area (Å²) in [5.74, 6) is -0.464. The van der Waals surface area contributed by atoms with E-state index >= 15 is 0 Å². The molecule has 0 spiro atoms. The highest BCUT2D eigenvalue weighted by Crippen LogP contribution is 2.38. The summed E-state index contributed by atoms with van der Waals surface area (Å²) in [4.78, 5) is 32.2. The molecule has 0 bridgehead atoms. The molecule has 0 unspecified atom stereocenters. The molecule has 0 atom stereocenters. The smallest absolute Gasteiger partial charge is 0.374 e. The number of carbonyl (C=O) groups is 2. The Morgan fingerprint density at radius 1 is 1.09 bits per heavy atom. The Labute approximate surface area is 189 Å². The van der Waals surface area contributed by atoms with Crippen molar-refractivity contribution in [1.82, 2.24) is 9.97 Å². The van der Waals surface area contributed by atoms with Gasteiger partial charge in [-0.2, -0.15) is 0 Å². The molecule has 0 aliphatic heterocycles. The number of nitrogens with zero attached hydrogens (tertiary/aromatic N) is 1. The molecule has 0 saturated heterocycles. The summed E-state index contributed by atoms with van der Waals surface area (Å²) >= 11 is 0. The SMILES string of the molecule is CCOC(=O)c1ccc(Oc2cccc3[nH]c4cnc(C(=O)OC(C)C)c(COC)c4c23)o1. The molecule has 33 heavy (non-hydrogen) atoms. The van der Waals surface area contributed by atoms with Crippen LogP contribution in [0.3, 0.4) is 0 Å². The summed E-state index contributed by atoms with van der Waals surface area (Å²) in [6, 6.07) is 8.51. The van der Waals surface area contributed by atoms with Crippen LogP contribution < -0.4 is 4.74 Å². The molecule has 3 aromatic heterocycles. The number of hydrogen-bond acceptors (Lipinski definition) is 8. The number of rotatable bonds is 8. The molecular weight excluding hydrogens is 428 g/mol. The summed E-state index contributed by atoms with van der Waals surface area (Å²) in [7, 11) is 1.54. The third-order valence-electron chi connectivity index (χ3n) is 4.82. The second kappa shape index (κ2) is 9.33. The average Bonchev–Trinajstić information content (AvgIpc) is 3.39. The van der Waals surface area contributed by atoms with Crippen molar-refractivity contribution in [3.63, 3.8) is 0 Å². The van der Waals surface area contributed by atoms with Gasteiger partial charge in [-0.1, -0.05) is 6.07 Å². The number of methoxy groups -OCH3 is 1.